The largest absolute Gasteiger partial charge is 0.478 e. The van der Waals surface area contributed by atoms with E-state index >= 15 is 0 Å². The summed E-state index contributed by atoms with van der Waals surface area (Å²) in [5.41, 5.74) is 0.496. The predicted octanol–water partition coefficient (Wildman–Crippen LogP) is 4.00. The van der Waals surface area contributed by atoms with E-state index in [1.54, 1.807) is 17.4 Å². The van der Waals surface area contributed by atoms with Crippen LogP contribution in [0.5, 0.6) is 0 Å². The van der Waals surface area contributed by atoms with Gasteiger partial charge in [-0.05, 0) is 43.0 Å². The standard InChI is InChI=1S/C16H18FNO2S/c1-11(2)18(10-13-4-3-7-21-13)9-12-5-6-14(16(19)20)15(17)8-12/h3-8,11H,9-10H2,1-2H3,(H,19,20). The number of rotatable bonds is 6. The van der Waals surface area contributed by atoms with Gasteiger partial charge in [0, 0.05) is 24.0 Å². The molecule has 5 heteroatoms. The number of thiophene rings is 1. The summed E-state index contributed by atoms with van der Waals surface area (Å²) < 4.78 is 13.7. The molecule has 1 aromatic carbocycles. The Morgan fingerprint density at radius 2 is 2.10 bits per heavy atom. The van der Waals surface area contributed by atoms with Gasteiger partial charge in [-0.2, -0.15) is 0 Å². The average molecular weight is 307 g/mol. The minimum Gasteiger partial charge on any atom is -0.478 e. The van der Waals surface area contributed by atoms with Crippen molar-refractivity contribution in [3.63, 3.8) is 0 Å². The molecule has 21 heavy (non-hydrogen) atoms. The SMILES string of the molecule is CC(C)N(Cc1ccc(C(=O)O)c(F)c1)Cc1cccs1. The van der Waals surface area contributed by atoms with Gasteiger partial charge in [-0.25, -0.2) is 9.18 Å². The summed E-state index contributed by atoms with van der Waals surface area (Å²) in [4.78, 5) is 14.3. The van der Waals surface area contributed by atoms with Gasteiger partial charge < -0.3 is 5.11 Å². The highest BCUT2D eigenvalue weighted by Crippen LogP contribution is 2.18. The van der Waals surface area contributed by atoms with Crippen molar-refractivity contribution >= 4 is 17.3 Å². The quantitative estimate of drug-likeness (QED) is 0.877. The molecule has 1 N–H and O–H groups in total. The number of carboxylic acids is 1. The second kappa shape index (κ2) is 6.83. The molecule has 0 aliphatic carbocycles. The number of benzene rings is 1. The molecule has 0 radical (unpaired) electrons. The highest BCUT2D eigenvalue weighted by Gasteiger charge is 2.14. The maximum absolute atomic E-state index is 13.7. The first-order chi connectivity index (χ1) is 9.97. The number of carbonyl (C=O) groups is 1. The highest BCUT2D eigenvalue weighted by atomic mass is 32.1. The second-order valence-corrected chi connectivity index (χ2v) is 6.23. The molecule has 0 amide bonds. The Bertz CT molecular complexity index is 611. The highest BCUT2D eigenvalue weighted by molar-refractivity contribution is 7.09. The summed E-state index contributed by atoms with van der Waals surface area (Å²) in [7, 11) is 0. The number of carboxylic acid groups (broad SMARTS) is 1. The van der Waals surface area contributed by atoms with E-state index in [0.717, 1.165) is 12.1 Å². The second-order valence-electron chi connectivity index (χ2n) is 5.20. The number of hydrogen-bond acceptors (Lipinski definition) is 3. The first-order valence-electron chi connectivity index (χ1n) is 6.75. The van der Waals surface area contributed by atoms with Gasteiger partial charge >= 0.3 is 5.97 Å². The third-order valence-electron chi connectivity index (χ3n) is 3.32. The Balaban J connectivity index is 2.13. The van der Waals surface area contributed by atoms with Crippen molar-refractivity contribution in [2.24, 2.45) is 0 Å². The minimum absolute atomic E-state index is 0.284. The van der Waals surface area contributed by atoms with E-state index < -0.39 is 11.8 Å². The maximum atomic E-state index is 13.7. The summed E-state index contributed by atoms with van der Waals surface area (Å²) in [6.07, 6.45) is 0. The van der Waals surface area contributed by atoms with Crippen LogP contribution in [0, 0.1) is 5.82 Å². The van der Waals surface area contributed by atoms with E-state index in [4.69, 9.17) is 5.11 Å². The molecule has 0 unspecified atom stereocenters. The van der Waals surface area contributed by atoms with E-state index in [9.17, 15) is 9.18 Å². The number of aromatic carboxylic acids is 1. The third kappa shape index (κ3) is 4.12. The molecule has 0 aliphatic heterocycles. The van der Waals surface area contributed by atoms with Crippen molar-refractivity contribution in [3.8, 4) is 0 Å². The van der Waals surface area contributed by atoms with E-state index in [0.29, 0.717) is 12.6 Å². The van der Waals surface area contributed by atoms with E-state index in [-0.39, 0.29) is 5.56 Å². The minimum atomic E-state index is -1.24. The first kappa shape index (κ1) is 15.7. The van der Waals surface area contributed by atoms with Gasteiger partial charge in [0.15, 0.2) is 0 Å². The lowest BCUT2D eigenvalue weighted by atomic mass is 10.1. The van der Waals surface area contributed by atoms with E-state index in [2.05, 4.69) is 24.8 Å². The lowest BCUT2D eigenvalue weighted by Gasteiger charge is -2.26. The molecule has 112 valence electrons. The number of hydrogen-bond donors (Lipinski definition) is 1. The monoisotopic (exact) mass is 307 g/mol. The molecule has 2 aromatic rings. The number of nitrogens with zero attached hydrogens (tertiary/aromatic N) is 1. The maximum Gasteiger partial charge on any atom is 0.338 e. The molecule has 3 nitrogen and oxygen atoms in total. The van der Waals surface area contributed by atoms with Crippen LogP contribution in [0.1, 0.15) is 34.6 Å². The van der Waals surface area contributed by atoms with Crippen molar-refractivity contribution in [3.05, 3.63) is 57.5 Å². The Labute approximate surface area is 127 Å². The molecular formula is C16H18FNO2S. The third-order valence-corrected chi connectivity index (χ3v) is 4.18. The van der Waals surface area contributed by atoms with Gasteiger partial charge in [-0.15, -0.1) is 11.3 Å². The van der Waals surface area contributed by atoms with Crippen LogP contribution >= 0.6 is 11.3 Å². The van der Waals surface area contributed by atoms with Crippen LogP contribution < -0.4 is 0 Å². The van der Waals surface area contributed by atoms with Crippen LogP contribution in [0.15, 0.2) is 35.7 Å². The molecule has 1 aromatic heterocycles. The van der Waals surface area contributed by atoms with Gasteiger partial charge in [0.2, 0.25) is 0 Å². The van der Waals surface area contributed by atoms with Gasteiger partial charge in [-0.1, -0.05) is 12.1 Å². The number of halogens is 1. The summed E-state index contributed by atoms with van der Waals surface area (Å²) in [5.74, 6) is -1.92. The van der Waals surface area contributed by atoms with Gasteiger partial charge in [-0.3, -0.25) is 4.90 Å². The van der Waals surface area contributed by atoms with E-state index in [1.165, 1.54) is 17.0 Å². The zero-order valence-corrected chi connectivity index (χ0v) is 12.9. The van der Waals surface area contributed by atoms with Crippen molar-refractivity contribution in [1.82, 2.24) is 4.90 Å². The van der Waals surface area contributed by atoms with Gasteiger partial charge in [0.1, 0.15) is 5.82 Å². The van der Waals surface area contributed by atoms with Crippen LogP contribution in [-0.2, 0) is 13.1 Å². The fourth-order valence-corrected chi connectivity index (χ4v) is 2.82. The van der Waals surface area contributed by atoms with Crippen molar-refractivity contribution in [2.45, 2.75) is 33.0 Å². The lowest BCUT2D eigenvalue weighted by molar-refractivity contribution is 0.0692. The summed E-state index contributed by atoms with van der Waals surface area (Å²) in [6.45, 7) is 5.58. The molecule has 1 heterocycles. The molecule has 0 aliphatic rings. The van der Waals surface area contributed by atoms with E-state index in [1.807, 2.05) is 11.4 Å². The van der Waals surface area contributed by atoms with Crippen LogP contribution in [0.2, 0.25) is 0 Å². The molecular weight excluding hydrogens is 289 g/mol. The Kier molecular flexibility index (Phi) is 5.09. The lowest BCUT2D eigenvalue weighted by Crippen LogP contribution is -2.29. The van der Waals surface area contributed by atoms with Crippen LogP contribution in [0.3, 0.4) is 0 Å². The van der Waals surface area contributed by atoms with Crippen molar-refractivity contribution < 1.29 is 14.3 Å². The van der Waals surface area contributed by atoms with Crippen LogP contribution in [-0.4, -0.2) is 22.0 Å². The molecule has 2 rings (SSSR count). The van der Waals surface area contributed by atoms with Crippen molar-refractivity contribution in [1.29, 1.82) is 0 Å². The Morgan fingerprint density at radius 1 is 1.33 bits per heavy atom. The molecule has 0 saturated heterocycles. The molecule has 0 spiro atoms. The Hall–Kier alpha value is -1.72. The smallest absolute Gasteiger partial charge is 0.338 e. The zero-order valence-electron chi connectivity index (χ0n) is 12.0. The van der Waals surface area contributed by atoms with Gasteiger partial charge in [0.25, 0.3) is 0 Å². The Morgan fingerprint density at radius 3 is 2.62 bits per heavy atom. The van der Waals surface area contributed by atoms with Crippen LogP contribution in [0.25, 0.3) is 0 Å². The summed E-state index contributed by atoms with van der Waals surface area (Å²) in [6, 6.07) is 8.73. The molecule has 0 saturated carbocycles. The first-order valence-corrected chi connectivity index (χ1v) is 7.63. The fourth-order valence-electron chi connectivity index (χ4n) is 2.09. The van der Waals surface area contributed by atoms with Crippen LogP contribution in [0.4, 0.5) is 4.39 Å². The normalized spacial score (nSPS) is 11.3. The topological polar surface area (TPSA) is 40.5 Å². The molecule has 0 bridgehead atoms. The average Bonchev–Trinajstić information content (AvgIpc) is 2.90. The molecule has 0 atom stereocenters. The molecule has 0 fully saturated rings. The van der Waals surface area contributed by atoms with Crippen molar-refractivity contribution in [2.75, 3.05) is 0 Å². The van der Waals surface area contributed by atoms with Gasteiger partial charge in [0.05, 0.1) is 5.56 Å². The zero-order chi connectivity index (χ0) is 15.4. The summed E-state index contributed by atoms with van der Waals surface area (Å²) in [5, 5.41) is 10.9. The summed E-state index contributed by atoms with van der Waals surface area (Å²) >= 11 is 1.70. The predicted molar refractivity (Wildman–Crippen MR) is 82.1 cm³/mol. The fraction of sp³-hybridized carbons (Fsp3) is 0.312.